The molecule has 18 heteroatoms. The molecule has 18 nitrogen and oxygen atoms in total. The Bertz CT molecular complexity index is 1060. The molecule has 40 heavy (non-hydrogen) atoms. The summed E-state index contributed by atoms with van der Waals surface area (Å²) >= 11 is 0. The van der Waals surface area contributed by atoms with Crippen molar-refractivity contribution in [1.82, 2.24) is 25.9 Å². The number of imidazole rings is 1. The number of aliphatic carboxylic acids is 2. The van der Waals surface area contributed by atoms with Gasteiger partial charge in [-0.3, -0.25) is 29.0 Å². The maximum atomic E-state index is 13.2. The number of amides is 4. The smallest absolute Gasteiger partial charge is 0.326 e. The van der Waals surface area contributed by atoms with Crippen molar-refractivity contribution in [3.8, 4) is 0 Å². The quantitative estimate of drug-likeness (QED) is 0.0433. The molecule has 1 rings (SSSR count). The Morgan fingerprint density at radius 2 is 1.50 bits per heavy atom. The van der Waals surface area contributed by atoms with Crippen molar-refractivity contribution < 1.29 is 39.0 Å². The van der Waals surface area contributed by atoms with Gasteiger partial charge in [0, 0.05) is 37.7 Å². The SMILES string of the molecule is NC(=O)CC[C@H](NC(=O)[C@H](Cc1cnc[nH]1)NC(=O)[C@@H](N)CCC(=O)O)C(=O)N[C@@H](CCCN=C(N)N)C(=O)O. The summed E-state index contributed by atoms with van der Waals surface area (Å²) in [5.74, 6) is -6.04. The number of aromatic amines is 1. The van der Waals surface area contributed by atoms with Gasteiger partial charge in [0.05, 0.1) is 12.4 Å². The molecule has 0 aliphatic rings. The highest BCUT2D eigenvalue weighted by atomic mass is 16.4. The molecule has 0 aromatic carbocycles. The maximum absolute atomic E-state index is 13.2. The molecule has 0 saturated heterocycles. The van der Waals surface area contributed by atoms with Gasteiger partial charge in [-0.15, -0.1) is 0 Å². The van der Waals surface area contributed by atoms with E-state index in [2.05, 4.69) is 30.9 Å². The molecular weight excluding hydrogens is 532 g/mol. The highest BCUT2D eigenvalue weighted by molar-refractivity contribution is 5.94. The first-order valence-corrected chi connectivity index (χ1v) is 12.2. The second kappa shape index (κ2) is 17.0. The molecule has 1 aromatic rings. The van der Waals surface area contributed by atoms with Crippen LogP contribution in [0.5, 0.6) is 0 Å². The number of rotatable bonds is 19. The predicted octanol–water partition coefficient (Wildman–Crippen LogP) is -4.00. The molecule has 0 saturated carbocycles. The van der Waals surface area contributed by atoms with Gasteiger partial charge in [0.2, 0.25) is 23.6 Å². The van der Waals surface area contributed by atoms with Crippen LogP contribution in [0.15, 0.2) is 17.5 Å². The number of hydrogen-bond acceptors (Lipinski definition) is 9. The number of carboxylic acids is 2. The molecule has 1 aromatic heterocycles. The first-order valence-electron chi connectivity index (χ1n) is 12.2. The molecule has 222 valence electrons. The average Bonchev–Trinajstić information content (AvgIpc) is 3.38. The molecule has 0 bridgehead atoms. The van der Waals surface area contributed by atoms with Crippen molar-refractivity contribution in [3.63, 3.8) is 0 Å². The van der Waals surface area contributed by atoms with E-state index in [1.165, 1.54) is 12.5 Å². The van der Waals surface area contributed by atoms with Crippen molar-refractivity contribution in [1.29, 1.82) is 0 Å². The largest absolute Gasteiger partial charge is 0.481 e. The van der Waals surface area contributed by atoms with E-state index < -0.39 is 59.7 Å². The third-order valence-electron chi connectivity index (χ3n) is 5.49. The summed E-state index contributed by atoms with van der Waals surface area (Å²) in [5.41, 5.74) is 21.8. The number of aromatic nitrogens is 2. The van der Waals surface area contributed by atoms with Crippen molar-refractivity contribution in [2.75, 3.05) is 6.54 Å². The Morgan fingerprint density at radius 1 is 0.875 bits per heavy atom. The number of H-pyrrole nitrogens is 1. The summed E-state index contributed by atoms with van der Waals surface area (Å²) in [4.78, 5) is 82.9. The minimum Gasteiger partial charge on any atom is -0.481 e. The zero-order chi connectivity index (χ0) is 30.2. The number of aliphatic imine (C=N–C) groups is 1. The van der Waals surface area contributed by atoms with Gasteiger partial charge in [-0.25, -0.2) is 9.78 Å². The summed E-state index contributed by atoms with van der Waals surface area (Å²) < 4.78 is 0. The van der Waals surface area contributed by atoms with Gasteiger partial charge in [-0.2, -0.15) is 0 Å². The molecule has 4 amide bonds. The standard InChI is InChI=1S/C22H36N10O8/c23-12(3-6-17(34)35)18(36)32-15(8-11-9-27-10-29-11)20(38)30-13(4-5-16(24)33)19(37)31-14(21(39)40)2-1-7-28-22(25)26/h9-10,12-15H,1-8,23H2,(H2,24,33)(H,27,29)(H,30,38)(H,31,37)(H,32,36)(H,34,35)(H,39,40)(H4,25,26,28)/t12-,13-,14-,15-/m0/s1. The minimum absolute atomic E-state index is 0.0406. The second-order valence-electron chi connectivity index (χ2n) is 8.80. The lowest BCUT2D eigenvalue weighted by molar-refractivity contribution is -0.142. The van der Waals surface area contributed by atoms with E-state index in [9.17, 15) is 33.9 Å². The van der Waals surface area contributed by atoms with Crippen LogP contribution < -0.4 is 38.9 Å². The van der Waals surface area contributed by atoms with E-state index >= 15 is 0 Å². The Kier molecular flexibility index (Phi) is 14.1. The first kappa shape index (κ1) is 33.3. The van der Waals surface area contributed by atoms with Gasteiger partial charge in [-0.1, -0.05) is 0 Å². The van der Waals surface area contributed by atoms with Crippen LogP contribution in [-0.4, -0.2) is 92.4 Å². The van der Waals surface area contributed by atoms with Gasteiger partial charge >= 0.3 is 11.9 Å². The molecule has 0 radical (unpaired) electrons. The summed E-state index contributed by atoms with van der Waals surface area (Å²) in [6.07, 6.45) is 1.64. The lowest BCUT2D eigenvalue weighted by Gasteiger charge is -2.25. The van der Waals surface area contributed by atoms with Gasteiger partial charge in [0.1, 0.15) is 18.1 Å². The Labute approximate surface area is 228 Å². The third-order valence-corrected chi connectivity index (χ3v) is 5.49. The van der Waals surface area contributed by atoms with Crippen LogP contribution in [0.2, 0.25) is 0 Å². The van der Waals surface area contributed by atoms with E-state index in [-0.39, 0.29) is 57.5 Å². The van der Waals surface area contributed by atoms with Crippen LogP contribution in [-0.2, 0) is 35.2 Å². The number of guanidine groups is 1. The van der Waals surface area contributed by atoms with Gasteiger partial charge in [-0.05, 0) is 25.7 Å². The van der Waals surface area contributed by atoms with E-state index in [0.717, 1.165) is 0 Å². The molecule has 0 aliphatic carbocycles. The minimum atomic E-state index is -1.40. The number of primary amides is 1. The topological polar surface area (TPSA) is 324 Å². The third kappa shape index (κ3) is 13.2. The van der Waals surface area contributed by atoms with Crippen molar-refractivity contribution in [2.24, 2.45) is 27.9 Å². The van der Waals surface area contributed by atoms with Crippen LogP contribution >= 0.6 is 0 Å². The number of nitrogens with zero attached hydrogens (tertiary/aromatic N) is 2. The average molecular weight is 569 g/mol. The lowest BCUT2D eigenvalue weighted by Crippen LogP contribution is -2.57. The van der Waals surface area contributed by atoms with E-state index in [1.54, 1.807) is 0 Å². The fourth-order valence-electron chi connectivity index (χ4n) is 3.38. The van der Waals surface area contributed by atoms with Crippen LogP contribution in [0.25, 0.3) is 0 Å². The molecule has 0 fully saturated rings. The molecule has 4 atom stereocenters. The number of carboxylic acid groups (broad SMARTS) is 2. The summed E-state index contributed by atoms with van der Waals surface area (Å²) in [6.45, 7) is 0.118. The number of carbonyl (C=O) groups is 6. The number of nitrogens with one attached hydrogen (secondary N) is 4. The number of nitrogens with two attached hydrogens (primary N) is 4. The molecule has 14 N–H and O–H groups in total. The van der Waals surface area contributed by atoms with E-state index in [1.807, 2.05) is 0 Å². The summed E-state index contributed by atoms with van der Waals surface area (Å²) in [5, 5.41) is 25.5. The Balaban J connectivity index is 3.04. The molecule has 0 unspecified atom stereocenters. The summed E-state index contributed by atoms with van der Waals surface area (Å²) in [7, 11) is 0. The van der Waals surface area contributed by atoms with Gasteiger partial charge < -0.3 is 54.1 Å². The van der Waals surface area contributed by atoms with Crippen LogP contribution in [0, 0.1) is 0 Å². The zero-order valence-corrected chi connectivity index (χ0v) is 21.7. The van der Waals surface area contributed by atoms with E-state index in [0.29, 0.717) is 5.69 Å². The highest BCUT2D eigenvalue weighted by Crippen LogP contribution is 2.06. The molecule has 0 spiro atoms. The fourth-order valence-corrected chi connectivity index (χ4v) is 3.38. The highest BCUT2D eigenvalue weighted by Gasteiger charge is 2.31. The van der Waals surface area contributed by atoms with Crippen molar-refractivity contribution in [2.45, 2.75) is 69.1 Å². The second-order valence-corrected chi connectivity index (χ2v) is 8.80. The maximum Gasteiger partial charge on any atom is 0.326 e. The predicted molar refractivity (Wildman–Crippen MR) is 139 cm³/mol. The van der Waals surface area contributed by atoms with Crippen molar-refractivity contribution in [3.05, 3.63) is 18.2 Å². The van der Waals surface area contributed by atoms with Crippen LogP contribution in [0.3, 0.4) is 0 Å². The zero-order valence-electron chi connectivity index (χ0n) is 21.7. The lowest BCUT2D eigenvalue weighted by atomic mass is 10.1. The number of carbonyl (C=O) groups excluding carboxylic acids is 4. The summed E-state index contributed by atoms with van der Waals surface area (Å²) in [6, 6.07) is -5.30. The van der Waals surface area contributed by atoms with Crippen LogP contribution in [0.4, 0.5) is 0 Å². The normalized spacial score (nSPS) is 13.6. The van der Waals surface area contributed by atoms with Crippen LogP contribution in [0.1, 0.15) is 44.2 Å². The van der Waals surface area contributed by atoms with Gasteiger partial charge in [0.15, 0.2) is 5.96 Å². The van der Waals surface area contributed by atoms with Gasteiger partial charge in [0.25, 0.3) is 0 Å². The Hall–Kier alpha value is -4.74. The molecule has 1 heterocycles. The monoisotopic (exact) mass is 568 g/mol. The molecular formula is C22H36N10O8. The number of hydrogen-bond donors (Lipinski definition) is 10. The first-order chi connectivity index (χ1) is 18.8. The van der Waals surface area contributed by atoms with Crippen molar-refractivity contribution >= 4 is 41.5 Å². The van der Waals surface area contributed by atoms with E-state index in [4.69, 9.17) is 28.0 Å². The molecule has 0 aliphatic heterocycles. The fraction of sp³-hybridized carbons (Fsp3) is 0.545. The Morgan fingerprint density at radius 3 is 2.05 bits per heavy atom.